The fourth-order valence-electron chi connectivity index (χ4n) is 5.91. The highest BCUT2D eigenvalue weighted by Crippen LogP contribution is 2.39. The number of benzene rings is 2. The Morgan fingerprint density at radius 3 is 2.46 bits per heavy atom. The Hall–Kier alpha value is -4.02. The number of anilines is 2. The van der Waals surface area contributed by atoms with E-state index in [0.717, 1.165) is 23.2 Å². The van der Waals surface area contributed by atoms with E-state index >= 15 is 0 Å². The molecular weight excluding hydrogens is 514 g/mol. The summed E-state index contributed by atoms with van der Waals surface area (Å²) in [4.78, 5) is 32.1. The van der Waals surface area contributed by atoms with E-state index in [-0.39, 0.29) is 29.0 Å². The molecule has 6 rings (SSSR count). The molecule has 9 nitrogen and oxygen atoms in total. The van der Waals surface area contributed by atoms with Gasteiger partial charge in [0.05, 0.1) is 4.90 Å². The van der Waals surface area contributed by atoms with Crippen molar-refractivity contribution in [2.45, 2.75) is 23.8 Å². The number of fused-ring (bicyclic) bond motifs is 5. The Morgan fingerprint density at radius 2 is 1.69 bits per heavy atom. The van der Waals surface area contributed by atoms with Gasteiger partial charge < -0.3 is 14.8 Å². The fraction of sp³-hybridized carbons (Fsp3) is 0.276. The zero-order chi connectivity index (χ0) is 27.3. The Morgan fingerprint density at radius 1 is 0.949 bits per heavy atom. The van der Waals surface area contributed by atoms with Crippen LogP contribution in [0, 0.1) is 5.92 Å². The van der Waals surface area contributed by atoms with Gasteiger partial charge in [0.2, 0.25) is 10.0 Å². The Balaban J connectivity index is 1.30. The van der Waals surface area contributed by atoms with Gasteiger partial charge in [0.15, 0.2) is 0 Å². The first kappa shape index (κ1) is 25.3. The van der Waals surface area contributed by atoms with Gasteiger partial charge in [-0.2, -0.15) is 4.31 Å². The van der Waals surface area contributed by atoms with Gasteiger partial charge in [0.25, 0.3) is 11.5 Å². The predicted octanol–water partition coefficient (Wildman–Crippen LogP) is 3.52. The number of nitrogens with one attached hydrogen (secondary N) is 1. The van der Waals surface area contributed by atoms with E-state index in [0.29, 0.717) is 35.5 Å². The molecule has 1 amide bonds. The van der Waals surface area contributed by atoms with Crippen LogP contribution >= 0.6 is 0 Å². The van der Waals surface area contributed by atoms with Gasteiger partial charge in [-0.3, -0.25) is 14.6 Å². The third-order valence-corrected chi connectivity index (χ3v) is 9.61. The van der Waals surface area contributed by atoms with Crippen LogP contribution in [0.3, 0.4) is 0 Å². The fourth-order valence-corrected chi connectivity index (χ4v) is 7.68. The monoisotopic (exact) mass is 543 g/mol. The molecule has 0 spiro atoms. The molecule has 1 N–H and O–H groups in total. The van der Waals surface area contributed by atoms with Gasteiger partial charge in [-0.15, -0.1) is 0 Å². The summed E-state index contributed by atoms with van der Waals surface area (Å²) in [5, 5.41) is 4.30. The second-order valence-electron chi connectivity index (χ2n) is 10.4. The molecule has 1 saturated heterocycles. The van der Waals surface area contributed by atoms with E-state index in [9.17, 15) is 18.0 Å². The van der Waals surface area contributed by atoms with Gasteiger partial charge in [-0.25, -0.2) is 8.42 Å². The van der Waals surface area contributed by atoms with Crippen molar-refractivity contribution in [3.8, 4) is 0 Å². The summed E-state index contributed by atoms with van der Waals surface area (Å²) >= 11 is 0. The first-order chi connectivity index (χ1) is 18.7. The lowest BCUT2D eigenvalue weighted by Crippen LogP contribution is -2.49. The van der Waals surface area contributed by atoms with Gasteiger partial charge in [-0.1, -0.05) is 24.3 Å². The van der Waals surface area contributed by atoms with Crippen LogP contribution in [0.5, 0.6) is 0 Å². The molecule has 2 aliphatic heterocycles. The number of nitrogens with zero attached hydrogens (tertiary/aromatic N) is 4. The van der Waals surface area contributed by atoms with E-state index in [1.165, 1.54) is 12.4 Å². The molecule has 0 unspecified atom stereocenters. The van der Waals surface area contributed by atoms with Crippen molar-refractivity contribution in [1.29, 1.82) is 0 Å². The Labute approximate surface area is 226 Å². The lowest BCUT2D eigenvalue weighted by molar-refractivity contribution is 0.102. The van der Waals surface area contributed by atoms with Gasteiger partial charge in [-0.05, 0) is 48.7 Å². The molecule has 2 atom stereocenters. The molecule has 2 aromatic carbocycles. The van der Waals surface area contributed by atoms with E-state index in [4.69, 9.17) is 0 Å². The smallest absolute Gasteiger partial charge is 0.274 e. The summed E-state index contributed by atoms with van der Waals surface area (Å²) in [5.41, 5.74) is 2.10. The van der Waals surface area contributed by atoms with Crippen LogP contribution in [0.2, 0.25) is 0 Å². The number of carbonyl (C=O) groups excluding carboxylic acids is 1. The number of sulfonamides is 1. The summed E-state index contributed by atoms with van der Waals surface area (Å²) in [6.45, 7) is 1.03. The van der Waals surface area contributed by atoms with Gasteiger partial charge >= 0.3 is 0 Å². The third-order valence-electron chi connectivity index (χ3n) is 7.72. The third kappa shape index (κ3) is 4.39. The minimum Gasteiger partial charge on any atom is -0.377 e. The highest BCUT2D eigenvalue weighted by Gasteiger charge is 2.40. The Bertz CT molecular complexity index is 1750. The number of hydrogen-bond donors (Lipinski definition) is 1. The molecule has 1 fully saturated rings. The van der Waals surface area contributed by atoms with Crippen LogP contribution < -0.4 is 15.8 Å². The lowest BCUT2D eigenvalue weighted by Gasteiger charge is -2.42. The largest absolute Gasteiger partial charge is 0.377 e. The van der Waals surface area contributed by atoms with Crippen LogP contribution in [0.25, 0.3) is 10.8 Å². The number of aromatic nitrogens is 2. The normalized spacial score (nSPS) is 18.9. The number of piperidine rings is 1. The quantitative estimate of drug-likeness (QED) is 0.413. The summed E-state index contributed by atoms with van der Waals surface area (Å²) in [6.07, 6.45) is 3.86. The minimum absolute atomic E-state index is 0.0119. The van der Waals surface area contributed by atoms with Crippen molar-refractivity contribution in [3.05, 3.63) is 94.7 Å². The molecule has 2 aromatic heterocycles. The molecule has 39 heavy (non-hydrogen) atoms. The number of pyridine rings is 2. The SMILES string of the molecule is CN(C)c1cccc2c(S(=O)(=O)N3C[C@@H]4C[C@H](C3)c3ccc(NC(=O)c5ccncc5)c(=O)n3C4)cccc12. The summed E-state index contributed by atoms with van der Waals surface area (Å²) in [6, 6.07) is 17.8. The minimum atomic E-state index is -3.78. The second kappa shape index (κ2) is 9.62. The molecule has 4 heterocycles. The van der Waals surface area contributed by atoms with Crippen molar-refractivity contribution >= 4 is 38.1 Å². The second-order valence-corrected chi connectivity index (χ2v) is 12.3. The predicted molar refractivity (Wildman–Crippen MR) is 151 cm³/mol. The first-order valence-electron chi connectivity index (χ1n) is 12.9. The maximum atomic E-state index is 14.0. The molecule has 0 aliphatic carbocycles. The number of carbonyl (C=O) groups is 1. The Kier molecular flexibility index (Phi) is 6.23. The van der Waals surface area contributed by atoms with Crippen molar-refractivity contribution in [1.82, 2.24) is 13.9 Å². The number of hydrogen-bond acceptors (Lipinski definition) is 6. The average molecular weight is 544 g/mol. The zero-order valence-electron chi connectivity index (χ0n) is 21.7. The molecule has 200 valence electrons. The maximum Gasteiger partial charge on any atom is 0.274 e. The maximum absolute atomic E-state index is 14.0. The van der Waals surface area contributed by atoms with Crippen molar-refractivity contribution in [2.75, 3.05) is 37.4 Å². The molecule has 0 radical (unpaired) electrons. The first-order valence-corrected chi connectivity index (χ1v) is 14.3. The number of rotatable bonds is 5. The summed E-state index contributed by atoms with van der Waals surface area (Å²) in [7, 11) is 0.108. The van der Waals surface area contributed by atoms with Crippen LogP contribution in [-0.4, -0.2) is 55.4 Å². The van der Waals surface area contributed by atoms with Crippen LogP contribution in [0.15, 0.2) is 82.7 Å². The highest BCUT2D eigenvalue weighted by molar-refractivity contribution is 7.89. The highest BCUT2D eigenvalue weighted by atomic mass is 32.2. The van der Waals surface area contributed by atoms with Gasteiger partial charge in [0.1, 0.15) is 5.69 Å². The molecule has 0 saturated carbocycles. The topological polar surface area (TPSA) is 105 Å². The van der Waals surface area contributed by atoms with Crippen LogP contribution in [0.4, 0.5) is 11.4 Å². The molecule has 10 heteroatoms. The van der Waals surface area contributed by atoms with Crippen molar-refractivity contribution in [3.63, 3.8) is 0 Å². The van der Waals surface area contributed by atoms with Gasteiger partial charge in [0, 0.05) is 79.8 Å². The number of amides is 1. The van der Waals surface area contributed by atoms with Crippen LogP contribution in [0.1, 0.15) is 28.4 Å². The lowest BCUT2D eigenvalue weighted by atomic mass is 9.84. The average Bonchev–Trinajstić information content (AvgIpc) is 2.94. The molecule has 2 aliphatic rings. The van der Waals surface area contributed by atoms with E-state index in [2.05, 4.69) is 10.3 Å². The zero-order valence-corrected chi connectivity index (χ0v) is 22.6. The van der Waals surface area contributed by atoms with E-state index in [1.807, 2.05) is 49.3 Å². The molecular formula is C29H29N5O4S. The summed E-state index contributed by atoms with van der Waals surface area (Å²) < 4.78 is 31.3. The van der Waals surface area contributed by atoms with Crippen molar-refractivity contribution < 1.29 is 13.2 Å². The van der Waals surface area contributed by atoms with Crippen molar-refractivity contribution in [2.24, 2.45) is 5.92 Å². The standard InChI is InChI=1S/C29H29N5O4S/c1-32(2)26-7-3-6-23-22(26)5-4-8-27(23)39(37,38)33-16-19-15-21(18-33)25-10-9-24(29(36)34(25)17-19)31-28(35)20-11-13-30-14-12-20/h3-14,19,21H,15-18H2,1-2H3,(H,31,35)/t19-,21+/m0/s1. The summed E-state index contributed by atoms with van der Waals surface area (Å²) in [5.74, 6) is -0.504. The van der Waals surface area contributed by atoms with E-state index in [1.54, 1.807) is 39.2 Å². The molecule has 2 bridgehead atoms. The van der Waals surface area contributed by atoms with Crippen LogP contribution in [-0.2, 0) is 16.6 Å². The van der Waals surface area contributed by atoms with E-state index < -0.39 is 10.0 Å². The molecule has 4 aromatic rings.